The van der Waals surface area contributed by atoms with Crippen LogP contribution in [0.15, 0.2) is 29.2 Å². The van der Waals surface area contributed by atoms with E-state index in [1.54, 1.807) is 0 Å². The molecule has 0 aromatic heterocycles. The molecule has 3 fully saturated rings. The van der Waals surface area contributed by atoms with Crippen molar-refractivity contribution in [3.05, 3.63) is 30.1 Å². The van der Waals surface area contributed by atoms with Crippen molar-refractivity contribution in [2.75, 3.05) is 32.7 Å². The second kappa shape index (κ2) is 7.06. The number of carbonyl (C=O) groups excluding carboxylic acids is 3. The molecule has 1 saturated carbocycles. The average Bonchev–Trinajstić information content (AvgIpc) is 2.93. The lowest BCUT2D eigenvalue weighted by Crippen LogP contribution is -2.54. The molecule has 1 aliphatic carbocycles. The first-order valence-corrected chi connectivity index (χ1v) is 10.9. The van der Waals surface area contributed by atoms with Gasteiger partial charge in [0.05, 0.1) is 0 Å². The van der Waals surface area contributed by atoms with Crippen LogP contribution >= 0.6 is 0 Å². The zero-order valence-corrected chi connectivity index (χ0v) is 16.5. The van der Waals surface area contributed by atoms with Crippen LogP contribution in [0.2, 0.25) is 0 Å². The Morgan fingerprint density at radius 3 is 2.31 bits per heavy atom. The molecule has 1 aromatic carbocycles. The lowest BCUT2D eigenvalue weighted by Gasteiger charge is -2.36. The van der Waals surface area contributed by atoms with Crippen LogP contribution < -0.4 is 5.32 Å². The minimum Gasteiger partial charge on any atom is -0.338 e. The van der Waals surface area contributed by atoms with Crippen molar-refractivity contribution in [2.45, 2.75) is 29.7 Å². The molecule has 11 heteroatoms. The van der Waals surface area contributed by atoms with E-state index in [9.17, 15) is 27.2 Å². The molecule has 0 bridgehead atoms. The van der Waals surface area contributed by atoms with Crippen molar-refractivity contribution in [1.82, 2.24) is 19.4 Å². The van der Waals surface area contributed by atoms with Gasteiger partial charge < -0.3 is 10.2 Å². The van der Waals surface area contributed by atoms with Gasteiger partial charge in [0, 0.05) is 26.2 Å². The fourth-order valence-electron chi connectivity index (χ4n) is 3.90. The van der Waals surface area contributed by atoms with E-state index in [1.807, 2.05) is 0 Å². The van der Waals surface area contributed by atoms with Gasteiger partial charge in [-0.15, -0.1) is 0 Å². The van der Waals surface area contributed by atoms with Crippen LogP contribution in [-0.2, 0) is 19.6 Å². The maximum absolute atomic E-state index is 13.9. The number of piperazine rings is 1. The van der Waals surface area contributed by atoms with Gasteiger partial charge in [0.25, 0.3) is 5.91 Å². The summed E-state index contributed by atoms with van der Waals surface area (Å²) in [6, 6.07) is 4.58. The molecular formula is C18H21FN4O5S. The van der Waals surface area contributed by atoms with Crippen molar-refractivity contribution in [3.63, 3.8) is 0 Å². The van der Waals surface area contributed by atoms with E-state index >= 15 is 0 Å². The number of benzene rings is 1. The molecule has 1 spiro atoms. The van der Waals surface area contributed by atoms with Gasteiger partial charge in [-0.2, -0.15) is 4.31 Å². The monoisotopic (exact) mass is 424 g/mol. The van der Waals surface area contributed by atoms with Crippen molar-refractivity contribution in [3.8, 4) is 0 Å². The smallest absolute Gasteiger partial charge is 0.325 e. The number of carbonyl (C=O) groups is 3. The Morgan fingerprint density at radius 2 is 1.76 bits per heavy atom. The topological polar surface area (TPSA) is 107 Å². The Balaban J connectivity index is 1.37. The summed E-state index contributed by atoms with van der Waals surface area (Å²) in [6.45, 7) is -0.159. The summed E-state index contributed by atoms with van der Waals surface area (Å²) < 4.78 is 40.3. The third-order valence-corrected chi connectivity index (χ3v) is 7.72. The summed E-state index contributed by atoms with van der Waals surface area (Å²) >= 11 is 0. The van der Waals surface area contributed by atoms with Crippen LogP contribution in [0, 0.1) is 5.82 Å². The summed E-state index contributed by atoms with van der Waals surface area (Å²) in [5.41, 5.74) is -0.843. The number of sulfonamides is 1. The van der Waals surface area contributed by atoms with Gasteiger partial charge in [0.15, 0.2) is 0 Å². The van der Waals surface area contributed by atoms with Gasteiger partial charge in [-0.1, -0.05) is 12.1 Å². The quantitative estimate of drug-likeness (QED) is 0.692. The zero-order valence-electron chi connectivity index (χ0n) is 15.6. The highest BCUT2D eigenvalue weighted by Gasteiger charge is 2.55. The van der Waals surface area contributed by atoms with E-state index < -0.39 is 38.2 Å². The molecule has 0 unspecified atom stereocenters. The Labute approximate surface area is 167 Å². The fraction of sp³-hybridized carbons (Fsp3) is 0.500. The van der Waals surface area contributed by atoms with E-state index in [0.717, 1.165) is 21.7 Å². The van der Waals surface area contributed by atoms with Gasteiger partial charge in [0.1, 0.15) is 22.8 Å². The van der Waals surface area contributed by atoms with Crippen molar-refractivity contribution in [1.29, 1.82) is 0 Å². The summed E-state index contributed by atoms with van der Waals surface area (Å²) in [6.07, 6.45) is 2.01. The number of imide groups is 1. The molecule has 156 valence electrons. The maximum atomic E-state index is 13.9. The first-order valence-electron chi connectivity index (χ1n) is 9.41. The first kappa shape index (κ1) is 19.8. The molecule has 29 heavy (non-hydrogen) atoms. The lowest BCUT2D eigenvalue weighted by molar-refractivity contribution is -0.141. The normalized spacial score (nSPS) is 22.0. The van der Waals surface area contributed by atoms with Gasteiger partial charge in [-0.25, -0.2) is 17.6 Å². The standard InChI is InChI=1S/C18H21FN4O5S/c19-13-4-1-2-5-14(13)29(27,28)22-10-8-21(9-11-22)15(24)12-23-16(25)18(6-3-7-18)20-17(23)26/h1-2,4-5H,3,6-12H2,(H,20,26). The van der Waals surface area contributed by atoms with Crippen LogP contribution in [0.3, 0.4) is 0 Å². The first-order chi connectivity index (χ1) is 13.7. The molecule has 3 aliphatic rings. The van der Waals surface area contributed by atoms with Gasteiger partial charge in [-0.3, -0.25) is 14.5 Å². The number of halogens is 1. The largest absolute Gasteiger partial charge is 0.338 e. The van der Waals surface area contributed by atoms with E-state index in [2.05, 4.69) is 5.32 Å². The fourth-order valence-corrected chi connectivity index (χ4v) is 5.38. The highest BCUT2D eigenvalue weighted by Crippen LogP contribution is 2.37. The molecule has 0 atom stereocenters. The maximum Gasteiger partial charge on any atom is 0.325 e. The summed E-state index contributed by atoms with van der Waals surface area (Å²) in [7, 11) is -4.00. The number of nitrogens with one attached hydrogen (secondary N) is 1. The third-order valence-electron chi connectivity index (χ3n) is 5.79. The Hall–Kier alpha value is -2.53. The average molecular weight is 424 g/mol. The number of hydrogen-bond donors (Lipinski definition) is 1. The van der Waals surface area contributed by atoms with Crippen LogP contribution in [0.5, 0.6) is 0 Å². The number of hydrogen-bond acceptors (Lipinski definition) is 5. The summed E-state index contributed by atoms with van der Waals surface area (Å²) in [4.78, 5) is 39.1. The summed E-state index contributed by atoms with van der Waals surface area (Å²) in [5.74, 6) is -1.62. The molecule has 4 rings (SSSR count). The van der Waals surface area contributed by atoms with Crippen molar-refractivity contribution in [2.24, 2.45) is 0 Å². The predicted octanol–water partition coefficient (Wildman–Crippen LogP) is 0.133. The third kappa shape index (κ3) is 3.27. The zero-order chi connectivity index (χ0) is 20.8. The Bertz CT molecular complexity index is 970. The number of rotatable bonds is 4. The molecule has 9 nitrogen and oxygen atoms in total. The SMILES string of the molecule is O=C(CN1C(=O)NC2(CCC2)C1=O)N1CCN(S(=O)(=O)c2ccccc2F)CC1. The molecule has 1 N–H and O–H groups in total. The molecule has 4 amide bonds. The van der Waals surface area contributed by atoms with E-state index in [-0.39, 0.29) is 38.6 Å². The van der Waals surface area contributed by atoms with Crippen LogP contribution in [-0.4, -0.2) is 78.6 Å². The minimum absolute atomic E-state index is 0.00644. The highest BCUT2D eigenvalue weighted by molar-refractivity contribution is 7.89. The lowest BCUT2D eigenvalue weighted by atomic mass is 9.77. The van der Waals surface area contributed by atoms with E-state index in [1.165, 1.54) is 23.1 Å². The summed E-state index contributed by atoms with van der Waals surface area (Å²) in [5, 5.41) is 2.67. The van der Waals surface area contributed by atoms with E-state index in [0.29, 0.717) is 12.8 Å². The highest BCUT2D eigenvalue weighted by atomic mass is 32.2. The molecule has 2 aliphatic heterocycles. The van der Waals surface area contributed by atoms with Crippen LogP contribution in [0.4, 0.5) is 9.18 Å². The van der Waals surface area contributed by atoms with E-state index in [4.69, 9.17) is 0 Å². The van der Waals surface area contributed by atoms with Crippen LogP contribution in [0.1, 0.15) is 19.3 Å². The van der Waals surface area contributed by atoms with Gasteiger partial charge in [-0.05, 0) is 31.4 Å². The second-order valence-corrected chi connectivity index (χ2v) is 9.38. The van der Waals surface area contributed by atoms with Gasteiger partial charge >= 0.3 is 6.03 Å². The molecule has 1 aromatic rings. The number of amides is 4. The predicted molar refractivity (Wildman–Crippen MR) is 98.6 cm³/mol. The van der Waals surface area contributed by atoms with Crippen molar-refractivity contribution >= 4 is 27.9 Å². The molecule has 2 heterocycles. The number of urea groups is 1. The van der Waals surface area contributed by atoms with Crippen molar-refractivity contribution < 1.29 is 27.2 Å². The Morgan fingerprint density at radius 1 is 1.10 bits per heavy atom. The molecule has 0 radical (unpaired) electrons. The van der Waals surface area contributed by atoms with Crippen LogP contribution in [0.25, 0.3) is 0 Å². The number of nitrogens with zero attached hydrogens (tertiary/aromatic N) is 3. The minimum atomic E-state index is -4.00. The van der Waals surface area contributed by atoms with Gasteiger partial charge in [0.2, 0.25) is 15.9 Å². The Kier molecular flexibility index (Phi) is 4.82. The molecular weight excluding hydrogens is 403 g/mol. The second-order valence-electron chi connectivity index (χ2n) is 7.47. The molecule has 2 saturated heterocycles.